The minimum absolute atomic E-state index is 0.164. The van der Waals surface area contributed by atoms with Crippen LogP contribution < -0.4 is 5.73 Å². The lowest BCUT2D eigenvalue weighted by molar-refractivity contribution is -0.565. The van der Waals surface area contributed by atoms with Crippen molar-refractivity contribution in [2.75, 3.05) is 13.2 Å². The van der Waals surface area contributed by atoms with Crippen LogP contribution in [-0.2, 0) is 4.74 Å². The van der Waals surface area contributed by atoms with Gasteiger partial charge in [0, 0.05) is 28.9 Å². The third kappa shape index (κ3) is 14.8. The highest BCUT2D eigenvalue weighted by Gasteiger charge is 2.31. The molecular weight excluding hydrogens is 376 g/mol. The minimum atomic E-state index is -0.688. The average Bonchev–Trinajstić information content (AvgIpc) is 3.14. The Bertz CT molecular complexity index is 442. The van der Waals surface area contributed by atoms with Crippen LogP contribution in [0.25, 0.3) is 0 Å². The molecule has 0 saturated carbocycles. The highest BCUT2D eigenvalue weighted by atomic mass is 16.5. The van der Waals surface area contributed by atoms with Crippen molar-refractivity contribution < 1.29 is 14.3 Å². The van der Waals surface area contributed by atoms with Gasteiger partial charge in [-0.3, -0.25) is 0 Å². The quantitative estimate of drug-likeness (QED) is 0.164. The number of nitroso groups, excluding NO2 is 1. The molecular formula is C25H49N2O3+. The summed E-state index contributed by atoms with van der Waals surface area (Å²) in [7, 11) is 0. The topological polar surface area (TPSA) is 72.4 Å². The molecule has 0 aromatic heterocycles. The fourth-order valence-electron chi connectivity index (χ4n) is 4.66. The molecule has 0 bridgehead atoms. The maximum absolute atomic E-state index is 11.8. The molecule has 1 heterocycles. The Kier molecular flexibility index (Phi) is 16.7. The van der Waals surface area contributed by atoms with E-state index in [-0.39, 0.29) is 6.04 Å². The van der Waals surface area contributed by atoms with E-state index >= 15 is 0 Å². The van der Waals surface area contributed by atoms with Crippen LogP contribution in [0.15, 0.2) is 0 Å². The molecule has 1 rings (SSSR count). The van der Waals surface area contributed by atoms with Crippen molar-refractivity contribution >= 4 is 6.09 Å². The molecule has 0 aromatic carbocycles. The summed E-state index contributed by atoms with van der Waals surface area (Å²) in [6.07, 6.45) is 23.3. The summed E-state index contributed by atoms with van der Waals surface area (Å²) in [5, 5.41) is 0. The molecule has 5 heteroatoms. The van der Waals surface area contributed by atoms with Crippen LogP contribution in [0.5, 0.6) is 0 Å². The fraction of sp³-hybridized carbons (Fsp3) is 0.960. The van der Waals surface area contributed by atoms with E-state index in [4.69, 9.17) is 10.5 Å². The first-order valence-corrected chi connectivity index (χ1v) is 13.0. The van der Waals surface area contributed by atoms with Crippen LogP contribution in [0.2, 0.25) is 0 Å². The molecule has 0 radical (unpaired) electrons. The SMILES string of the molecule is CCCCCCCCCCCCCCCCC(CCC1CCC[N+]1=O)COC(N)=O. The van der Waals surface area contributed by atoms with E-state index < -0.39 is 6.09 Å². The zero-order valence-corrected chi connectivity index (χ0v) is 19.8. The predicted molar refractivity (Wildman–Crippen MR) is 125 cm³/mol. The summed E-state index contributed by atoms with van der Waals surface area (Å²) < 4.78 is 6.30. The van der Waals surface area contributed by atoms with Crippen molar-refractivity contribution in [2.45, 2.75) is 135 Å². The van der Waals surface area contributed by atoms with Crippen molar-refractivity contribution in [2.24, 2.45) is 11.7 Å². The molecule has 1 aliphatic rings. The van der Waals surface area contributed by atoms with Crippen molar-refractivity contribution in [1.82, 2.24) is 0 Å². The first-order valence-electron chi connectivity index (χ1n) is 13.0. The summed E-state index contributed by atoms with van der Waals surface area (Å²) in [6, 6.07) is 0.164. The summed E-state index contributed by atoms with van der Waals surface area (Å²) in [4.78, 5) is 22.7. The molecule has 1 aliphatic heterocycles. The van der Waals surface area contributed by atoms with Crippen molar-refractivity contribution in [1.29, 1.82) is 0 Å². The predicted octanol–water partition coefficient (Wildman–Crippen LogP) is 7.29. The number of hydrogen-bond acceptors (Lipinski definition) is 3. The van der Waals surface area contributed by atoms with Gasteiger partial charge < -0.3 is 10.5 Å². The van der Waals surface area contributed by atoms with Crippen LogP contribution in [0, 0.1) is 10.8 Å². The zero-order valence-electron chi connectivity index (χ0n) is 19.8. The Labute approximate surface area is 185 Å². The number of carbonyl (C=O) groups excluding carboxylic acids is 1. The van der Waals surface area contributed by atoms with E-state index in [9.17, 15) is 9.70 Å². The van der Waals surface area contributed by atoms with Gasteiger partial charge in [-0.2, -0.15) is 0 Å². The molecule has 1 amide bonds. The maximum atomic E-state index is 11.8. The lowest BCUT2D eigenvalue weighted by Gasteiger charge is -2.16. The van der Waals surface area contributed by atoms with E-state index in [1.165, 1.54) is 94.7 Å². The second-order valence-corrected chi connectivity index (χ2v) is 9.40. The number of carbonyl (C=O) groups is 1. The summed E-state index contributed by atoms with van der Waals surface area (Å²) in [5.74, 6) is 0.337. The standard InChI is InChI=1S/C25H48N2O3/c1-2-3-4-5-6-7-8-9-10-11-12-13-14-15-17-23(22-30-25(26)28)19-20-24-18-16-21-27(24)29/h23-24H,2-22H2,1H3,(H-,26,28)/p+1. The third-order valence-corrected chi connectivity index (χ3v) is 6.66. The van der Waals surface area contributed by atoms with Crippen molar-refractivity contribution in [3.8, 4) is 0 Å². The van der Waals surface area contributed by atoms with E-state index in [0.29, 0.717) is 19.1 Å². The molecule has 0 aliphatic carbocycles. The summed E-state index contributed by atoms with van der Waals surface area (Å²) >= 11 is 0. The number of hydrogen-bond donors (Lipinski definition) is 1. The maximum Gasteiger partial charge on any atom is 0.404 e. The molecule has 5 nitrogen and oxygen atoms in total. The largest absolute Gasteiger partial charge is 0.449 e. The van der Waals surface area contributed by atoms with Crippen LogP contribution in [-0.4, -0.2) is 30.0 Å². The van der Waals surface area contributed by atoms with Crippen LogP contribution in [0.4, 0.5) is 4.79 Å². The van der Waals surface area contributed by atoms with Gasteiger partial charge in [-0.15, -0.1) is 0 Å². The Hall–Kier alpha value is -1.13. The Morgan fingerprint density at radius 3 is 1.90 bits per heavy atom. The second-order valence-electron chi connectivity index (χ2n) is 9.40. The number of amides is 1. The van der Waals surface area contributed by atoms with E-state index in [0.717, 1.165) is 32.1 Å². The minimum Gasteiger partial charge on any atom is -0.449 e. The molecule has 30 heavy (non-hydrogen) atoms. The lowest BCUT2D eigenvalue weighted by Crippen LogP contribution is -2.22. The number of primary amides is 1. The van der Waals surface area contributed by atoms with E-state index in [2.05, 4.69) is 6.92 Å². The van der Waals surface area contributed by atoms with Gasteiger partial charge in [-0.1, -0.05) is 96.8 Å². The first kappa shape index (κ1) is 26.9. The van der Waals surface area contributed by atoms with Crippen LogP contribution >= 0.6 is 0 Å². The fourth-order valence-corrected chi connectivity index (χ4v) is 4.66. The molecule has 2 N–H and O–H groups in total. The van der Waals surface area contributed by atoms with Gasteiger partial charge in [-0.05, 0) is 18.8 Å². The van der Waals surface area contributed by atoms with Gasteiger partial charge in [0.2, 0.25) is 6.04 Å². The summed E-state index contributed by atoms with van der Waals surface area (Å²) in [5.41, 5.74) is 5.14. The van der Waals surface area contributed by atoms with E-state index in [1.807, 2.05) is 0 Å². The number of ether oxygens (including phenoxy) is 1. The lowest BCUT2D eigenvalue weighted by atomic mass is 9.94. The van der Waals surface area contributed by atoms with Gasteiger partial charge in [-0.25, -0.2) is 4.79 Å². The van der Waals surface area contributed by atoms with Gasteiger partial charge in [0.05, 0.1) is 6.61 Å². The monoisotopic (exact) mass is 425 g/mol. The van der Waals surface area contributed by atoms with Gasteiger partial charge in [0.25, 0.3) is 0 Å². The normalized spacial score (nSPS) is 17.4. The number of nitrogens with two attached hydrogens (primary N) is 1. The highest BCUT2D eigenvalue weighted by molar-refractivity contribution is 5.64. The Morgan fingerprint density at radius 1 is 0.900 bits per heavy atom. The number of rotatable bonds is 20. The number of unbranched alkanes of at least 4 members (excludes halogenated alkanes) is 13. The molecule has 176 valence electrons. The summed E-state index contributed by atoms with van der Waals surface area (Å²) in [6.45, 7) is 3.35. The average molecular weight is 426 g/mol. The van der Waals surface area contributed by atoms with Crippen LogP contribution in [0.1, 0.15) is 129 Å². The van der Waals surface area contributed by atoms with Crippen molar-refractivity contribution in [3.05, 3.63) is 4.91 Å². The number of nitrogens with zero attached hydrogens (tertiary/aromatic N) is 1. The van der Waals surface area contributed by atoms with Crippen LogP contribution in [0.3, 0.4) is 0 Å². The van der Waals surface area contributed by atoms with E-state index in [1.54, 1.807) is 0 Å². The molecule has 2 unspecified atom stereocenters. The smallest absolute Gasteiger partial charge is 0.404 e. The van der Waals surface area contributed by atoms with Gasteiger partial charge in [0.1, 0.15) is 0 Å². The van der Waals surface area contributed by atoms with Crippen molar-refractivity contribution in [3.63, 3.8) is 0 Å². The Balaban J connectivity index is 1.98. The molecule has 1 fully saturated rings. The highest BCUT2D eigenvalue weighted by Crippen LogP contribution is 2.23. The van der Waals surface area contributed by atoms with Gasteiger partial charge in [0.15, 0.2) is 6.54 Å². The Morgan fingerprint density at radius 2 is 1.43 bits per heavy atom. The molecule has 2 atom stereocenters. The molecule has 0 spiro atoms. The first-order chi connectivity index (χ1) is 14.6. The molecule has 1 saturated heterocycles. The molecule has 0 aromatic rings. The van der Waals surface area contributed by atoms with Gasteiger partial charge >= 0.3 is 6.09 Å². The second kappa shape index (κ2) is 18.6. The third-order valence-electron chi connectivity index (χ3n) is 6.66. The zero-order chi connectivity index (χ0) is 21.9.